The zero-order chi connectivity index (χ0) is 20.1. The highest BCUT2D eigenvalue weighted by Gasteiger charge is 2.21. The van der Waals surface area contributed by atoms with E-state index < -0.39 is 0 Å². The summed E-state index contributed by atoms with van der Waals surface area (Å²) in [5, 5.41) is 3.06. The molecule has 0 atom stereocenters. The van der Waals surface area contributed by atoms with Gasteiger partial charge in [0, 0.05) is 11.5 Å². The van der Waals surface area contributed by atoms with Crippen LogP contribution in [-0.4, -0.2) is 30.3 Å². The van der Waals surface area contributed by atoms with E-state index in [1.165, 1.54) is 16.2 Å². The first-order chi connectivity index (χ1) is 13.5. The summed E-state index contributed by atoms with van der Waals surface area (Å²) in [4.78, 5) is 27.3. The van der Waals surface area contributed by atoms with Crippen LogP contribution < -0.4 is 5.32 Å². The van der Waals surface area contributed by atoms with Crippen molar-refractivity contribution in [1.29, 1.82) is 0 Å². The van der Waals surface area contributed by atoms with E-state index in [0.29, 0.717) is 4.88 Å². The molecule has 0 aliphatic rings. The topological polar surface area (TPSA) is 49.4 Å². The molecule has 0 fully saturated rings. The van der Waals surface area contributed by atoms with Crippen LogP contribution in [-0.2, 0) is 4.79 Å². The lowest BCUT2D eigenvalue weighted by Gasteiger charge is -2.22. The van der Waals surface area contributed by atoms with E-state index in [9.17, 15) is 9.59 Å². The molecule has 0 spiro atoms. The number of thiophene rings is 1. The third kappa shape index (κ3) is 5.10. The number of hydrogen-bond acceptors (Lipinski definition) is 3. The van der Waals surface area contributed by atoms with Gasteiger partial charge in [0.25, 0.3) is 5.91 Å². The zero-order valence-electron chi connectivity index (χ0n) is 15.1. The summed E-state index contributed by atoms with van der Waals surface area (Å²) < 4.78 is 1.67. The van der Waals surface area contributed by atoms with Gasteiger partial charge in [-0.05, 0) is 49.1 Å². The molecule has 1 N–H and O–H groups in total. The van der Waals surface area contributed by atoms with Gasteiger partial charge in [0.05, 0.1) is 21.3 Å². The molecule has 144 valence electrons. The number of likely N-dealkylation sites (N-methyl/N-ethyl adjacent to an activating group) is 1. The molecule has 2 amide bonds. The molecule has 0 radical (unpaired) electrons. The number of rotatable bonds is 6. The van der Waals surface area contributed by atoms with Crippen molar-refractivity contribution in [2.45, 2.75) is 6.04 Å². The molecule has 0 aliphatic heterocycles. The highest BCUT2D eigenvalue weighted by atomic mass is 79.9. The van der Waals surface area contributed by atoms with E-state index in [-0.39, 0.29) is 24.4 Å². The minimum Gasteiger partial charge on any atom is -0.344 e. The van der Waals surface area contributed by atoms with Crippen molar-refractivity contribution in [3.63, 3.8) is 0 Å². The first-order valence-electron chi connectivity index (χ1n) is 8.55. The van der Waals surface area contributed by atoms with E-state index >= 15 is 0 Å². The quantitative estimate of drug-likeness (QED) is 0.481. The summed E-state index contributed by atoms with van der Waals surface area (Å²) in [6, 6.07) is 21.1. The molecule has 3 rings (SSSR count). The molecule has 0 saturated carbocycles. The molecular formula is C21H18Br2N2O2S. The molecule has 0 unspecified atom stereocenters. The fraction of sp³-hybridized carbons (Fsp3) is 0.143. The predicted molar refractivity (Wildman–Crippen MR) is 120 cm³/mol. The lowest BCUT2D eigenvalue weighted by molar-refractivity contribution is -0.122. The van der Waals surface area contributed by atoms with Crippen LogP contribution in [0, 0.1) is 0 Å². The molecule has 2 aromatic carbocycles. The Bertz CT molecular complexity index is 902. The summed E-state index contributed by atoms with van der Waals surface area (Å²) in [6.45, 7) is -0.0257. The lowest BCUT2D eigenvalue weighted by atomic mass is 9.99. The van der Waals surface area contributed by atoms with E-state index in [4.69, 9.17) is 0 Å². The lowest BCUT2D eigenvalue weighted by Crippen LogP contribution is -2.39. The maximum Gasteiger partial charge on any atom is 0.264 e. The summed E-state index contributed by atoms with van der Waals surface area (Å²) in [7, 11) is 1.63. The van der Waals surface area contributed by atoms with Gasteiger partial charge in [0.2, 0.25) is 5.91 Å². The number of nitrogens with one attached hydrogen (secondary N) is 1. The molecule has 0 saturated heterocycles. The molecule has 28 heavy (non-hydrogen) atoms. The third-order valence-electron chi connectivity index (χ3n) is 4.15. The Morgan fingerprint density at radius 1 is 1.00 bits per heavy atom. The summed E-state index contributed by atoms with van der Waals surface area (Å²) in [5.74, 6) is -0.411. The number of benzene rings is 2. The Kier molecular flexibility index (Phi) is 7.04. The molecule has 1 heterocycles. The van der Waals surface area contributed by atoms with Crippen molar-refractivity contribution in [2.75, 3.05) is 13.6 Å². The molecule has 4 nitrogen and oxygen atoms in total. The average Bonchev–Trinajstić information content (AvgIpc) is 3.05. The van der Waals surface area contributed by atoms with Crippen LogP contribution in [0.25, 0.3) is 0 Å². The second-order valence-electron chi connectivity index (χ2n) is 6.22. The van der Waals surface area contributed by atoms with Gasteiger partial charge in [0.1, 0.15) is 0 Å². The highest BCUT2D eigenvalue weighted by Crippen LogP contribution is 2.32. The Hall–Kier alpha value is -1.96. The Morgan fingerprint density at radius 3 is 2.00 bits per heavy atom. The van der Waals surface area contributed by atoms with Crippen molar-refractivity contribution < 1.29 is 9.59 Å². The number of amides is 2. The SMILES string of the molecule is CN(CC(=O)NC(c1ccccc1)c1ccccc1)C(=O)c1cc(Br)c(Br)s1. The van der Waals surface area contributed by atoms with Gasteiger partial charge in [-0.25, -0.2) is 0 Å². The predicted octanol–water partition coefficient (Wildman–Crippen LogP) is 5.25. The maximum absolute atomic E-state index is 12.7. The minimum absolute atomic E-state index is 0.0257. The van der Waals surface area contributed by atoms with Crippen molar-refractivity contribution >= 4 is 55.0 Å². The fourth-order valence-electron chi connectivity index (χ4n) is 2.78. The molecule has 7 heteroatoms. The number of carbonyl (C=O) groups excluding carboxylic acids is 2. The summed E-state index contributed by atoms with van der Waals surface area (Å²) in [5.41, 5.74) is 1.98. The van der Waals surface area contributed by atoms with Crippen LogP contribution in [0.4, 0.5) is 0 Å². The largest absolute Gasteiger partial charge is 0.344 e. The first kappa shape index (κ1) is 20.8. The summed E-state index contributed by atoms with van der Waals surface area (Å²) >= 11 is 8.11. The van der Waals surface area contributed by atoms with E-state index in [1.54, 1.807) is 13.1 Å². The molecule has 3 aromatic rings. The van der Waals surface area contributed by atoms with Gasteiger partial charge in [-0.1, -0.05) is 60.7 Å². The molecular weight excluding hydrogens is 504 g/mol. The average molecular weight is 522 g/mol. The maximum atomic E-state index is 12.7. The second-order valence-corrected chi connectivity index (χ2v) is 9.44. The number of hydrogen-bond donors (Lipinski definition) is 1. The Balaban J connectivity index is 1.72. The van der Waals surface area contributed by atoms with E-state index in [1.807, 2.05) is 60.7 Å². The molecule has 1 aromatic heterocycles. The van der Waals surface area contributed by atoms with Gasteiger partial charge in [-0.2, -0.15) is 0 Å². The van der Waals surface area contributed by atoms with E-state index in [2.05, 4.69) is 37.2 Å². The van der Waals surface area contributed by atoms with Gasteiger partial charge >= 0.3 is 0 Å². The smallest absolute Gasteiger partial charge is 0.264 e. The van der Waals surface area contributed by atoms with Crippen LogP contribution >= 0.6 is 43.2 Å². The van der Waals surface area contributed by atoms with Crippen LogP contribution in [0.1, 0.15) is 26.8 Å². The highest BCUT2D eigenvalue weighted by molar-refractivity contribution is 9.13. The van der Waals surface area contributed by atoms with Crippen LogP contribution in [0.15, 0.2) is 75.0 Å². The van der Waals surface area contributed by atoms with Crippen LogP contribution in [0.2, 0.25) is 0 Å². The van der Waals surface area contributed by atoms with Gasteiger partial charge in [-0.15, -0.1) is 11.3 Å². The number of nitrogens with zero attached hydrogens (tertiary/aromatic N) is 1. The monoisotopic (exact) mass is 520 g/mol. The van der Waals surface area contributed by atoms with Gasteiger partial charge in [-0.3, -0.25) is 9.59 Å². The molecule has 0 aliphatic carbocycles. The van der Waals surface area contributed by atoms with Gasteiger partial charge in [0.15, 0.2) is 0 Å². The van der Waals surface area contributed by atoms with Crippen LogP contribution in [0.5, 0.6) is 0 Å². The number of carbonyl (C=O) groups is 2. The Morgan fingerprint density at radius 2 is 1.54 bits per heavy atom. The van der Waals surface area contributed by atoms with Crippen molar-refractivity contribution in [2.24, 2.45) is 0 Å². The fourth-order valence-corrected chi connectivity index (χ4v) is 4.81. The van der Waals surface area contributed by atoms with Crippen molar-refractivity contribution in [3.05, 3.63) is 91.0 Å². The third-order valence-corrected chi connectivity index (χ3v) is 7.40. The van der Waals surface area contributed by atoms with E-state index in [0.717, 1.165) is 19.4 Å². The van der Waals surface area contributed by atoms with Crippen molar-refractivity contribution in [3.8, 4) is 0 Å². The number of halogens is 2. The second kappa shape index (κ2) is 9.49. The minimum atomic E-state index is -0.275. The first-order valence-corrected chi connectivity index (χ1v) is 11.0. The normalized spacial score (nSPS) is 10.7. The van der Waals surface area contributed by atoms with Gasteiger partial charge < -0.3 is 10.2 Å². The standard InChI is InChI=1S/C21H18Br2N2O2S/c1-25(21(27)17-12-16(22)20(23)28-17)13-18(26)24-19(14-8-4-2-5-9-14)15-10-6-3-7-11-15/h2-12,19H,13H2,1H3,(H,24,26). The summed E-state index contributed by atoms with van der Waals surface area (Å²) in [6.07, 6.45) is 0. The zero-order valence-corrected chi connectivity index (χ0v) is 19.1. The van der Waals surface area contributed by atoms with Crippen molar-refractivity contribution in [1.82, 2.24) is 10.2 Å². The Labute approximate surface area is 184 Å². The van der Waals surface area contributed by atoms with Crippen LogP contribution in [0.3, 0.4) is 0 Å². The molecule has 0 bridgehead atoms.